The molecule has 10 heteroatoms. The van der Waals surface area contributed by atoms with Crippen LogP contribution in [0.15, 0.2) is 36.5 Å². The number of hydrogen-bond donors (Lipinski definition) is 3. The summed E-state index contributed by atoms with van der Waals surface area (Å²) in [6.07, 6.45) is 2.63. The molecule has 3 aromatic rings. The molecule has 0 bridgehead atoms. The van der Waals surface area contributed by atoms with E-state index in [-0.39, 0.29) is 35.1 Å². The number of benzene rings is 2. The number of halogens is 1. The van der Waals surface area contributed by atoms with Crippen LogP contribution in [-0.2, 0) is 28.4 Å². The van der Waals surface area contributed by atoms with Crippen LogP contribution in [0.3, 0.4) is 0 Å². The van der Waals surface area contributed by atoms with Gasteiger partial charge in [-0.25, -0.2) is 12.8 Å². The van der Waals surface area contributed by atoms with Crippen molar-refractivity contribution >= 4 is 26.8 Å². The Morgan fingerprint density at radius 3 is 2.53 bits per heavy atom. The van der Waals surface area contributed by atoms with Crippen LogP contribution in [0.25, 0.3) is 10.9 Å². The summed E-state index contributed by atoms with van der Waals surface area (Å²) in [5.74, 6) is -0.910. The lowest BCUT2D eigenvalue weighted by molar-refractivity contribution is 0.0814. The van der Waals surface area contributed by atoms with E-state index in [1.807, 2.05) is 6.07 Å². The standard InChI is InChI=1S/C24H24FN3O5S/c1-28-12-17-18(22(28)30)21(29)20-16(19(17)24(7-8-24)23(31)27-34(2,32)33)10-14(11-26-20)9-13-3-5-15(25)6-4-13/h3-6,10-11,23,27,29,31H,7-9,12H2,1-2H3. The molecule has 0 saturated heterocycles. The van der Waals surface area contributed by atoms with Gasteiger partial charge in [0, 0.05) is 30.6 Å². The number of aliphatic hydroxyl groups is 1. The van der Waals surface area contributed by atoms with Gasteiger partial charge in [-0.1, -0.05) is 12.1 Å². The second kappa shape index (κ2) is 7.72. The summed E-state index contributed by atoms with van der Waals surface area (Å²) in [6.45, 7) is 0.225. The van der Waals surface area contributed by atoms with E-state index in [9.17, 15) is 27.8 Å². The number of amides is 1. The summed E-state index contributed by atoms with van der Waals surface area (Å²) in [5, 5.41) is 22.5. The Hall–Kier alpha value is -3.08. The molecule has 5 rings (SSSR count). The molecule has 1 saturated carbocycles. The normalized spacial score (nSPS) is 17.8. The second-order valence-electron chi connectivity index (χ2n) is 9.23. The number of aromatic nitrogens is 1. The van der Waals surface area contributed by atoms with E-state index in [0.29, 0.717) is 35.8 Å². The molecule has 2 aliphatic rings. The first-order chi connectivity index (χ1) is 16.0. The highest BCUT2D eigenvalue weighted by molar-refractivity contribution is 7.88. The van der Waals surface area contributed by atoms with Crippen LogP contribution in [0.5, 0.6) is 5.75 Å². The lowest BCUT2D eigenvalue weighted by atomic mass is 9.84. The maximum Gasteiger partial charge on any atom is 0.258 e. The number of aromatic hydroxyl groups is 1. The third kappa shape index (κ3) is 3.71. The Morgan fingerprint density at radius 2 is 1.91 bits per heavy atom. The lowest BCUT2D eigenvalue weighted by Crippen LogP contribution is -2.43. The number of hydrogen-bond acceptors (Lipinski definition) is 6. The summed E-state index contributed by atoms with van der Waals surface area (Å²) in [7, 11) is -2.08. The first-order valence-electron chi connectivity index (χ1n) is 10.8. The van der Waals surface area contributed by atoms with Crippen molar-refractivity contribution in [3.05, 3.63) is 70.2 Å². The largest absolute Gasteiger partial charge is 0.505 e. The smallest absolute Gasteiger partial charge is 0.258 e. The van der Waals surface area contributed by atoms with E-state index in [1.54, 1.807) is 25.4 Å². The number of carbonyl (C=O) groups excluding carboxylic acids is 1. The molecule has 1 unspecified atom stereocenters. The van der Waals surface area contributed by atoms with E-state index in [2.05, 4.69) is 9.71 Å². The van der Waals surface area contributed by atoms with Crippen LogP contribution in [0.2, 0.25) is 0 Å². The fourth-order valence-corrected chi connectivity index (χ4v) is 5.57. The zero-order valence-corrected chi connectivity index (χ0v) is 19.5. The van der Waals surface area contributed by atoms with Crippen molar-refractivity contribution in [2.75, 3.05) is 13.3 Å². The van der Waals surface area contributed by atoms with Crippen LogP contribution < -0.4 is 4.72 Å². The molecule has 0 spiro atoms. The van der Waals surface area contributed by atoms with Gasteiger partial charge in [0.15, 0.2) is 5.75 Å². The second-order valence-corrected chi connectivity index (χ2v) is 11.0. The van der Waals surface area contributed by atoms with Crippen LogP contribution in [-0.4, -0.2) is 54.0 Å². The van der Waals surface area contributed by atoms with Crippen LogP contribution in [0.1, 0.15) is 45.5 Å². The van der Waals surface area contributed by atoms with E-state index >= 15 is 0 Å². The summed E-state index contributed by atoms with van der Waals surface area (Å²) in [4.78, 5) is 18.8. The van der Waals surface area contributed by atoms with Crippen molar-refractivity contribution in [1.82, 2.24) is 14.6 Å². The molecule has 2 heterocycles. The third-order valence-electron chi connectivity index (χ3n) is 6.69. The maximum atomic E-state index is 13.3. The summed E-state index contributed by atoms with van der Waals surface area (Å²) in [6, 6.07) is 7.95. The summed E-state index contributed by atoms with van der Waals surface area (Å²) < 4.78 is 39.3. The topological polar surface area (TPSA) is 120 Å². The van der Waals surface area contributed by atoms with Gasteiger partial charge in [0.05, 0.1) is 11.8 Å². The van der Waals surface area contributed by atoms with E-state index in [1.165, 1.54) is 17.0 Å². The third-order valence-corrected chi connectivity index (χ3v) is 7.34. The lowest BCUT2D eigenvalue weighted by Gasteiger charge is -2.27. The average molecular weight is 486 g/mol. The Bertz CT molecular complexity index is 1440. The van der Waals surface area contributed by atoms with Gasteiger partial charge < -0.3 is 15.1 Å². The Labute approximate surface area is 196 Å². The zero-order valence-electron chi connectivity index (χ0n) is 18.7. The molecule has 178 valence electrons. The van der Waals surface area contributed by atoms with Crippen molar-refractivity contribution in [2.45, 2.75) is 37.5 Å². The first kappa shape index (κ1) is 22.7. The van der Waals surface area contributed by atoms with Crippen molar-refractivity contribution < 1.29 is 27.8 Å². The predicted molar refractivity (Wildman–Crippen MR) is 123 cm³/mol. The van der Waals surface area contributed by atoms with Gasteiger partial charge in [0.25, 0.3) is 5.91 Å². The van der Waals surface area contributed by atoms with E-state index < -0.39 is 21.7 Å². The number of rotatable bonds is 6. The molecule has 1 fully saturated rings. The minimum absolute atomic E-state index is 0.140. The van der Waals surface area contributed by atoms with Crippen molar-refractivity contribution in [1.29, 1.82) is 0 Å². The maximum absolute atomic E-state index is 13.3. The summed E-state index contributed by atoms with van der Waals surface area (Å²) >= 11 is 0. The molecular weight excluding hydrogens is 461 g/mol. The molecule has 2 aromatic carbocycles. The van der Waals surface area contributed by atoms with Gasteiger partial charge in [-0.2, -0.15) is 4.72 Å². The Morgan fingerprint density at radius 1 is 1.24 bits per heavy atom. The Kier molecular flexibility index (Phi) is 5.16. The highest BCUT2D eigenvalue weighted by Gasteiger charge is 2.55. The van der Waals surface area contributed by atoms with Crippen LogP contribution in [0, 0.1) is 5.82 Å². The SMILES string of the molecule is CN1Cc2c(c(O)c3ncc(Cc4ccc(F)cc4)cc3c2C2(C(O)NS(C)(=O)=O)CC2)C1=O. The van der Waals surface area contributed by atoms with E-state index in [0.717, 1.165) is 17.4 Å². The fourth-order valence-electron chi connectivity index (χ4n) is 4.94. The number of fused-ring (bicyclic) bond motifs is 2. The molecule has 0 radical (unpaired) electrons. The minimum Gasteiger partial charge on any atom is -0.505 e. The van der Waals surface area contributed by atoms with Crippen LogP contribution in [0.4, 0.5) is 4.39 Å². The van der Waals surface area contributed by atoms with Crippen LogP contribution >= 0.6 is 0 Å². The van der Waals surface area contributed by atoms with Gasteiger partial charge in [-0.15, -0.1) is 0 Å². The van der Waals surface area contributed by atoms with E-state index in [4.69, 9.17) is 0 Å². The fraction of sp³-hybridized carbons (Fsp3) is 0.333. The quantitative estimate of drug-likeness (QED) is 0.461. The molecule has 3 N–H and O–H groups in total. The van der Waals surface area contributed by atoms with Crippen molar-refractivity contribution in [2.24, 2.45) is 0 Å². The van der Waals surface area contributed by atoms with Gasteiger partial charge in [0.1, 0.15) is 17.6 Å². The highest BCUT2D eigenvalue weighted by atomic mass is 32.2. The number of carbonyl (C=O) groups is 1. The number of nitrogens with zero attached hydrogens (tertiary/aromatic N) is 2. The number of phenols is 1. The average Bonchev–Trinajstić information content (AvgIpc) is 3.50. The minimum atomic E-state index is -3.70. The van der Waals surface area contributed by atoms with Gasteiger partial charge in [-0.05, 0) is 59.7 Å². The molecular formula is C24H24FN3O5S. The molecule has 8 nitrogen and oxygen atoms in total. The Balaban J connectivity index is 1.72. The number of phenolic OH excluding ortho intramolecular Hbond substituents is 1. The monoisotopic (exact) mass is 485 g/mol. The number of sulfonamides is 1. The molecule has 34 heavy (non-hydrogen) atoms. The van der Waals surface area contributed by atoms with Gasteiger partial charge in [0.2, 0.25) is 10.0 Å². The van der Waals surface area contributed by atoms with Crippen molar-refractivity contribution in [3.63, 3.8) is 0 Å². The first-order valence-corrected chi connectivity index (χ1v) is 12.7. The van der Waals surface area contributed by atoms with Gasteiger partial charge in [-0.3, -0.25) is 9.78 Å². The number of nitrogens with one attached hydrogen (secondary N) is 1. The van der Waals surface area contributed by atoms with Crippen molar-refractivity contribution in [3.8, 4) is 5.75 Å². The molecule has 1 amide bonds. The molecule has 1 aliphatic heterocycles. The highest BCUT2D eigenvalue weighted by Crippen LogP contribution is 2.56. The predicted octanol–water partition coefficient (Wildman–Crippen LogP) is 2.16. The molecule has 1 aliphatic carbocycles. The molecule has 1 atom stereocenters. The van der Waals surface area contributed by atoms with Gasteiger partial charge >= 0.3 is 0 Å². The number of pyridine rings is 1. The molecule has 1 aromatic heterocycles. The summed E-state index contributed by atoms with van der Waals surface area (Å²) in [5.41, 5.74) is 2.28. The number of aliphatic hydroxyl groups excluding tert-OH is 1. The zero-order chi connectivity index (χ0) is 24.4.